The molecule has 0 radical (unpaired) electrons. The zero-order chi connectivity index (χ0) is 19.1. The van der Waals surface area contributed by atoms with E-state index in [2.05, 4.69) is 61.2 Å². The minimum absolute atomic E-state index is 0.149. The first-order valence-corrected chi connectivity index (χ1v) is 9.35. The summed E-state index contributed by atoms with van der Waals surface area (Å²) in [5, 5.41) is 8.76. The number of nitrogens with one attached hydrogen (secondary N) is 1. The summed E-state index contributed by atoms with van der Waals surface area (Å²) in [5.41, 5.74) is 4.34. The number of benzene rings is 1. The minimum atomic E-state index is 0.149. The highest BCUT2D eigenvalue weighted by atomic mass is 16.5. The molecule has 1 aromatic carbocycles. The second-order valence-electron chi connectivity index (χ2n) is 7.46. The van der Waals surface area contributed by atoms with Crippen molar-refractivity contribution in [2.45, 2.75) is 39.9 Å². The van der Waals surface area contributed by atoms with Crippen LogP contribution in [-0.2, 0) is 11.8 Å². The van der Waals surface area contributed by atoms with Crippen molar-refractivity contribution >= 4 is 28.5 Å². The average molecular weight is 366 g/mol. The number of anilines is 3. The van der Waals surface area contributed by atoms with Crippen molar-refractivity contribution in [3.05, 3.63) is 35.5 Å². The molecule has 1 aliphatic rings. The van der Waals surface area contributed by atoms with Gasteiger partial charge in [0.1, 0.15) is 5.82 Å². The van der Waals surface area contributed by atoms with Gasteiger partial charge in [-0.2, -0.15) is 15.1 Å². The lowest BCUT2D eigenvalue weighted by atomic mass is 10.1. The number of rotatable bonds is 3. The maximum absolute atomic E-state index is 5.85. The second kappa shape index (κ2) is 6.81. The van der Waals surface area contributed by atoms with E-state index in [1.54, 1.807) is 4.68 Å². The molecular formula is C20H26N6O. The predicted octanol–water partition coefficient (Wildman–Crippen LogP) is 3.34. The van der Waals surface area contributed by atoms with E-state index in [1.165, 1.54) is 11.1 Å². The fourth-order valence-corrected chi connectivity index (χ4v) is 3.54. The molecule has 3 heterocycles. The van der Waals surface area contributed by atoms with Gasteiger partial charge in [0.15, 0.2) is 5.65 Å². The van der Waals surface area contributed by atoms with Crippen molar-refractivity contribution in [1.82, 2.24) is 19.7 Å². The van der Waals surface area contributed by atoms with Crippen molar-refractivity contribution in [3.8, 4) is 0 Å². The summed E-state index contributed by atoms with van der Waals surface area (Å²) in [6.07, 6.45) is 2.11. The van der Waals surface area contributed by atoms with Crippen LogP contribution in [0.2, 0.25) is 0 Å². The lowest BCUT2D eigenvalue weighted by Gasteiger charge is -2.35. The van der Waals surface area contributed by atoms with Crippen LogP contribution in [0.15, 0.2) is 24.4 Å². The van der Waals surface area contributed by atoms with E-state index < -0.39 is 0 Å². The molecule has 0 spiro atoms. The van der Waals surface area contributed by atoms with Gasteiger partial charge in [-0.25, -0.2) is 0 Å². The van der Waals surface area contributed by atoms with Gasteiger partial charge in [0.05, 0.1) is 23.8 Å². The summed E-state index contributed by atoms with van der Waals surface area (Å²) in [4.78, 5) is 11.8. The summed E-state index contributed by atoms with van der Waals surface area (Å²) >= 11 is 0. The standard InChI is InChI=1S/C20H26N6O/c1-12-6-7-16(8-13(12)2)22-18-17-9-21-25(5)19(17)24-20(23-18)26-10-14(3)27-15(4)11-26/h6-9,14-15H,10-11H2,1-5H3,(H,22,23,24)/t14-,15-/m1/s1. The molecule has 1 aliphatic heterocycles. The van der Waals surface area contributed by atoms with Gasteiger partial charge in [0.25, 0.3) is 0 Å². The Bertz CT molecular complexity index is 972. The molecule has 0 amide bonds. The van der Waals surface area contributed by atoms with Gasteiger partial charge in [-0.15, -0.1) is 0 Å². The van der Waals surface area contributed by atoms with Crippen molar-refractivity contribution < 1.29 is 4.74 Å². The van der Waals surface area contributed by atoms with Crippen LogP contribution in [0.4, 0.5) is 17.5 Å². The molecule has 27 heavy (non-hydrogen) atoms. The molecule has 1 saturated heterocycles. The molecular weight excluding hydrogens is 340 g/mol. The molecule has 4 rings (SSSR count). The highest BCUT2D eigenvalue weighted by Crippen LogP contribution is 2.28. The number of ether oxygens (including phenoxy) is 1. The zero-order valence-electron chi connectivity index (χ0n) is 16.5. The smallest absolute Gasteiger partial charge is 0.229 e. The number of aromatic nitrogens is 4. The molecule has 0 bridgehead atoms. The minimum Gasteiger partial charge on any atom is -0.372 e. The van der Waals surface area contributed by atoms with E-state index in [0.717, 1.165) is 35.6 Å². The molecule has 0 aliphatic carbocycles. The van der Waals surface area contributed by atoms with Gasteiger partial charge in [-0.05, 0) is 51.0 Å². The Morgan fingerprint density at radius 1 is 1.07 bits per heavy atom. The van der Waals surface area contributed by atoms with Crippen molar-refractivity contribution in [3.63, 3.8) is 0 Å². The monoisotopic (exact) mass is 366 g/mol. The lowest BCUT2D eigenvalue weighted by Crippen LogP contribution is -2.46. The summed E-state index contributed by atoms with van der Waals surface area (Å²) in [7, 11) is 1.91. The van der Waals surface area contributed by atoms with Gasteiger partial charge in [0, 0.05) is 25.8 Å². The molecule has 142 valence electrons. The fraction of sp³-hybridized carbons (Fsp3) is 0.450. The van der Waals surface area contributed by atoms with Crippen LogP contribution in [0, 0.1) is 13.8 Å². The van der Waals surface area contributed by atoms with Crippen LogP contribution in [0.3, 0.4) is 0 Å². The van der Waals surface area contributed by atoms with Gasteiger partial charge >= 0.3 is 0 Å². The Labute approximate surface area is 159 Å². The molecule has 2 atom stereocenters. The zero-order valence-corrected chi connectivity index (χ0v) is 16.5. The molecule has 7 heteroatoms. The van der Waals surface area contributed by atoms with Crippen LogP contribution < -0.4 is 10.2 Å². The van der Waals surface area contributed by atoms with Crippen LogP contribution in [0.1, 0.15) is 25.0 Å². The SMILES string of the molecule is Cc1ccc(Nc2nc(N3C[C@@H](C)O[C@H](C)C3)nc3c2cnn3C)cc1C. The number of aryl methyl sites for hydroxylation is 3. The lowest BCUT2D eigenvalue weighted by molar-refractivity contribution is -0.00569. The Morgan fingerprint density at radius 3 is 2.52 bits per heavy atom. The third-order valence-electron chi connectivity index (χ3n) is 5.05. The molecule has 2 aromatic heterocycles. The molecule has 7 nitrogen and oxygen atoms in total. The maximum atomic E-state index is 5.85. The van der Waals surface area contributed by atoms with Crippen LogP contribution in [0.25, 0.3) is 11.0 Å². The van der Waals surface area contributed by atoms with Crippen molar-refractivity contribution in [2.75, 3.05) is 23.3 Å². The number of fused-ring (bicyclic) bond motifs is 1. The highest BCUT2D eigenvalue weighted by molar-refractivity contribution is 5.89. The van der Waals surface area contributed by atoms with E-state index in [4.69, 9.17) is 14.7 Å². The van der Waals surface area contributed by atoms with E-state index in [0.29, 0.717) is 5.95 Å². The first-order valence-electron chi connectivity index (χ1n) is 9.35. The Hall–Kier alpha value is -2.67. The average Bonchev–Trinajstić information content (AvgIpc) is 2.99. The van der Waals surface area contributed by atoms with E-state index in [9.17, 15) is 0 Å². The number of nitrogens with zero attached hydrogens (tertiary/aromatic N) is 5. The Balaban J connectivity index is 1.76. The molecule has 1 N–H and O–H groups in total. The third kappa shape index (κ3) is 3.47. The maximum Gasteiger partial charge on any atom is 0.229 e. The molecule has 3 aromatic rings. The van der Waals surface area contributed by atoms with Crippen LogP contribution in [-0.4, -0.2) is 45.0 Å². The number of morpholine rings is 1. The van der Waals surface area contributed by atoms with Crippen molar-refractivity contribution in [2.24, 2.45) is 7.05 Å². The summed E-state index contributed by atoms with van der Waals surface area (Å²) in [5.74, 6) is 1.48. The normalized spacial score (nSPS) is 20.3. The first-order chi connectivity index (χ1) is 12.9. The first kappa shape index (κ1) is 17.7. The van der Waals surface area contributed by atoms with Crippen LogP contribution in [0.5, 0.6) is 0 Å². The van der Waals surface area contributed by atoms with E-state index in [1.807, 2.05) is 13.2 Å². The quantitative estimate of drug-likeness (QED) is 0.767. The summed E-state index contributed by atoms with van der Waals surface area (Å²) in [6, 6.07) is 6.33. The second-order valence-corrected chi connectivity index (χ2v) is 7.46. The van der Waals surface area contributed by atoms with Gasteiger partial charge < -0.3 is 15.0 Å². The fourth-order valence-electron chi connectivity index (χ4n) is 3.54. The van der Waals surface area contributed by atoms with Gasteiger partial charge in [-0.3, -0.25) is 4.68 Å². The third-order valence-corrected chi connectivity index (χ3v) is 5.05. The summed E-state index contributed by atoms with van der Waals surface area (Å²) in [6.45, 7) is 9.94. The van der Waals surface area contributed by atoms with Gasteiger partial charge in [0.2, 0.25) is 5.95 Å². The number of hydrogen-bond acceptors (Lipinski definition) is 6. The van der Waals surface area contributed by atoms with E-state index in [-0.39, 0.29) is 12.2 Å². The van der Waals surface area contributed by atoms with E-state index >= 15 is 0 Å². The highest BCUT2D eigenvalue weighted by Gasteiger charge is 2.25. The molecule has 0 saturated carbocycles. The van der Waals surface area contributed by atoms with Crippen LogP contribution >= 0.6 is 0 Å². The molecule has 0 unspecified atom stereocenters. The summed E-state index contributed by atoms with van der Waals surface area (Å²) < 4.78 is 7.64. The largest absolute Gasteiger partial charge is 0.372 e. The van der Waals surface area contributed by atoms with Gasteiger partial charge in [-0.1, -0.05) is 6.07 Å². The Morgan fingerprint density at radius 2 is 1.81 bits per heavy atom. The molecule has 1 fully saturated rings. The Kier molecular flexibility index (Phi) is 4.47. The topological polar surface area (TPSA) is 68.1 Å². The number of hydrogen-bond donors (Lipinski definition) is 1. The predicted molar refractivity (Wildman–Crippen MR) is 108 cm³/mol. The van der Waals surface area contributed by atoms with Crippen molar-refractivity contribution in [1.29, 1.82) is 0 Å².